The monoisotopic (exact) mass is 384 g/mol. The van der Waals surface area contributed by atoms with E-state index in [-0.39, 0.29) is 35.5 Å². The van der Waals surface area contributed by atoms with Crippen LogP contribution in [0.15, 0.2) is 6.07 Å². The number of benzene rings is 1. The van der Waals surface area contributed by atoms with E-state index >= 15 is 4.39 Å². The van der Waals surface area contributed by atoms with Gasteiger partial charge in [-0.15, -0.1) is 0 Å². The highest BCUT2D eigenvalue weighted by Crippen LogP contribution is 2.44. The average molecular weight is 384 g/mol. The summed E-state index contributed by atoms with van der Waals surface area (Å²) in [5.41, 5.74) is 1.99. The topological polar surface area (TPSA) is 89.3 Å². The van der Waals surface area contributed by atoms with Gasteiger partial charge in [0.25, 0.3) is 4.98 Å². The van der Waals surface area contributed by atoms with Crippen molar-refractivity contribution in [2.75, 3.05) is 38.7 Å². The fourth-order valence-electron chi connectivity index (χ4n) is 2.94. The Hall–Kier alpha value is -2.46. The number of nitrogens with one attached hydrogen (secondary N) is 1. The highest BCUT2D eigenvalue weighted by molar-refractivity contribution is 5.82. The predicted octanol–water partition coefficient (Wildman–Crippen LogP) is 1.47. The van der Waals surface area contributed by atoms with Gasteiger partial charge in [-0.2, -0.15) is 0 Å². The van der Waals surface area contributed by atoms with Crippen molar-refractivity contribution in [3.8, 4) is 11.5 Å². The normalized spacial score (nSPS) is 18.1. The van der Waals surface area contributed by atoms with Crippen LogP contribution in [0.2, 0.25) is 0 Å². The molecule has 1 saturated heterocycles. The number of hydrazine groups is 2. The number of carbonyl (C=O) groups is 1. The van der Waals surface area contributed by atoms with Gasteiger partial charge >= 0.3 is 5.91 Å². The first-order valence-corrected chi connectivity index (χ1v) is 8.60. The number of methoxy groups -OCH3 is 1. The van der Waals surface area contributed by atoms with Gasteiger partial charge in [0.15, 0.2) is 36.3 Å². The lowest BCUT2D eigenvalue weighted by Crippen LogP contribution is -2.35. The summed E-state index contributed by atoms with van der Waals surface area (Å²) in [5, 5.41) is 0.924. The third kappa shape index (κ3) is 4.11. The summed E-state index contributed by atoms with van der Waals surface area (Å²) in [5.74, 6) is -1.12. The van der Waals surface area contributed by atoms with Gasteiger partial charge in [-0.05, 0) is 32.8 Å². The second-order valence-electron chi connectivity index (χ2n) is 6.92. The minimum atomic E-state index is -0.746. The van der Waals surface area contributed by atoms with Crippen LogP contribution >= 0.6 is 0 Å². The Morgan fingerprint density at radius 3 is 2.85 bits per heavy atom. The van der Waals surface area contributed by atoms with Gasteiger partial charge in [0.1, 0.15) is 5.60 Å². The quantitative estimate of drug-likeness (QED) is 0.433. The SMILES string of the molecule is COCCOCOc1cc2c(c(F)c1N1CC(=O)N[N+]1=O)OC(C)(C)CC2. The number of hydrogen-bond acceptors (Lipinski definition) is 6. The molecule has 10 heteroatoms. The molecular weight excluding hydrogens is 361 g/mol. The van der Waals surface area contributed by atoms with E-state index in [0.29, 0.717) is 31.6 Å². The molecule has 2 aliphatic rings. The molecule has 1 amide bonds. The highest BCUT2D eigenvalue weighted by Gasteiger charge is 2.43. The van der Waals surface area contributed by atoms with Crippen molar-refractivity contribution in [3.05, 3.63) is 22.4 Å². The highest BCUT2D eigenvalue weighted by atomic mass is 19.1. The fraction of sp³-hybridized carbons (Fsp3) is 0.588. The molecule has 1 N–H and O–H groups in total. The number of hydrogen-bond donors (Lipinski definition) is 1. The molecule has 1 fully saturated rings. The molecule has 0 aromatic heterocycles. The largest absolute Gasteiger partial charge is 0.484 e. The number of anilines is 1. The number of amides is 1. The number of nitrogens with zero attached hydrogens (tertiary/aromatic N) is 2. The number of aryl methyl sites for hydroxylation is 1. The Morgan fingerprint density at radius 2 is 2.19 bits per heavy atom. The van der Waals surface area contributed by atoms with Crippen molar-refractivity contribution in [2.24, 2.45) is 0 Å². The number of carbonyl (C=O) groups excluding carboxylic acids is 1. The van der Waals surface area contributed by atoms with Gasteiger partial charge in [0.2, 0.25) is 0 Å². The Balaban J connectivity index is 1.94. The molecule has 1 aromatic carbocycles. The molecule has 148 valence electrons. The van der Waals surface area contributed by atoms with Crippen LogP contribution in [0.4, 0.5) is 10.1 Å². The molecule has 0 bridgehead atoms. The third-order valence-electron chi connectivity index (χ3n) is 4.33. The summed E-state index contributed by atoms with van der Waals surface area (Å²) in [6, 6.07) is 1.62. The fourth-order valence-corrected chi connectivity index (χ4v) is 2.94. The van der Waals surface area contributed by atoms with E-state index in [2.05, 4.69) is 5.43 Å². The molecule has 0 aliphatic carbocycles. The second-order valence-corrected chi connectivity index (χ2v) is 6.92. The van der Waals surface area contributed by atoms with Crippen LogP contribution in [0.5, 0.6) is 11.5 Å². The zero-order valence-electron chi connectivity index (χ0n) is 15.5. The minimum absolute atomic E-state index is 0.0710. The number of halogens is 1. The molecule has 0 spiro atoms. The number of fused-ring (bicyclic) bond motifs is 1. The Morgan fingerprint density at radius 1 is 1.41 bits per heavy atom. The van der Waals surface area contributed by atoms with E-state index in [1.54, 1.807) is 13.2 Å². The number of ether oxygens (including phenoxy) is 4. The second kappa shape index (κ2) is 7.65. The zero-order chi connectivity index (χ0) is 19.6. The van der Waals surface area contributed by atoms with E-state index in [0.717, 1.165) is 5.01 Å². The molecule has 27 heavy (non-hydrogen) atoms. The van der Waals surface area contributed by atoms with Crippen molar-refractivity contribution in [3.63, 3.8) is 0 Å². The van der Waals surface area contributed by atoms with Crippen molar-refractivity contribution in [1.82, 2.24) is 5.43 Å². The number of nitroso groups, excluding NO2 is 1. The van der Waals surface area contributed by atoms with Crippen molar-refractivity contribution < 1.29 is 33.1 Å². The first kappa shape index (κ1) is 19.3. The van der Waals surface area contributed by atoms with Crippen molar-refractivity contribution in [2.45, 2.75) is 32.3 Å². The Kier molecular flexibility index (Phi) is 5.47. The molecule has 0 unspecified atom stereocenters. The summed E-state index contributed by atoms with van der Waals surface area (Å²) in [4.78, 5) is 23.7. The van der Waals surface area contributed by atoms with Gasteiger partial charge in [-0.25, -0.2) is 4.39 Å². The summed E-state index contributed by atoms with van der Waals surface area (Å²) >= 11 is 0. The summed E-state index contributed by atoms with van der Waals surface area (Å²) in [6.45, 7) is 3.93. The summed E-state index contributed by atoms with van der Waals surface area (Å²) in [6.07, 6.45) is 1.30. The van der Waals surface area contributed by atoms with E-state index in [9.17, 15) is 9.70 Å². The molecule has 2 aliphatic heterocycles. The molecule has 0 saturated carbocycles. The van der Waals surface area contributed by atoms with Crippen molar-refractivity contribution in [1.29, 1.82) is 0 Å². The van der Waals surface area contributed by atoms with Crippen LogP contribution in [0.25, 0.3) is 0 Å². The van der Waals surface area contributed by atoms with Gasteiger partial charge in [0.05, 0.1) is 18.1 Å². The molecule has 3 rings (SSSR count). The van der Waals surface area contributed by atoms with E-state index in [4.69, 9.17) is 18.9 Å². The standard InChI is InChI=1S/C17H22FN3O6/c1-17(2)5-4-11-8-12(26-10-25-7-6-24-3)15(14(18)16(11)27-17)20-9-13(22)19-21(20)23/h8H,4-7,9-10H2,1-3H3/p+1. The Bertz CT molecular complexity index is 755. The third-order valence-corrected chi connectivity index (χ3v) is 4.33. The smallest absolute Gasteiger partial charge is 0.307 e. The number of rotatable bonds is 7. The van der Waals surface area contributed by atoms with E-state index in [1.165, 1.54) is 0 Å². The lowest BCUT2D eigenvalue weighted by Gasteiger charge is -2.33. The van der Waals surface area contributed by atoms with Crippen molar-refractivity contribution >= 4 is 11.6 Å². The first-order valence-electron chi connectivity index (χ1n) is 8.60. The molecular formula is C17H23FN3O6+. The Labute approximate surface area is 155 Å². The van der Waals surface area contributed by atoms with Gasteiger partial charge in [-0.1, -0.05) is 10.4 Å². The molecule has 2 heterocycles. The maximum atomic E-state index is 15.3. The molecule has 0 radical (unpaired) electrons. The lowest BCUT2D eigenvalue weighted by atomic mass is 9.93. The molecule has 0 atom stereocenters. The van der Waals surface area contributed by atoms with Gasteiger partial charge in [0, 0.05) is 12.7 Å². The average Bonchev–Trinajstić information content (AvgIpc) is 2.93. The lowest BCUT2D eigenvalue weighted by molar-refractivity contribution is -0.591. The van der Waals surface area contributed by atoms with Gasteiger partial charge in [-0.3, -0.25) is 4.79 Å². The van der Waals surface area contributed by atoms with Crippen LogP contribution in [-0.4, -0.2) is 50.1 Å². The van der Waals surface area contributed by atoms with Crippen LogP contribution in [0.1, 0.15) is 25.8 Å². The minimum Gasteiger partial charge on any atom is -0.484 e. The van der Waals surface area contributed by atoms with E-state index < -0.39 is 17.3 Å². The van der Waals surface area contributed by atoms with Crippen LogP contribution < -0.4 is 19.9 Å². The van der Waals surface area contributed by atoms with Crippen LogP contribution in [0.3, 0.4) is 0 Å². The maximum Gasteiger partial charge on any atom is 0.307 e. The molecule has 1 aromatic rings. The van der Waals surface area contributed by atoms with Crippen LogP contribution in [0, 0.1) is 10.7 Å². The van der Waals surface area contributed by atoms with E-state index in [1.807, 2.05) is 13.8 Å². The first-order chi connectivity index (χ1) is 12.8. The summed E-state index contributed by atoms with van der Waals surface area (Å²) in [7, 11) is 1.54. The van der Waals surface area contributed by atoms with Crippen LogP contribution in [-0.2, 0) is 20.7 Å². The predicted molar refractivity (Wildman–Crippen MR) is 91.9 cm³/mol. The maximum absolute atomic E-state index is 15.3. The zero-order valence-corrected chi connectivity index (χ0v) is 15.5. The molecule has 9 nitrogen and oxygen atoms in total. The van der Waals surface area contributed by atoms with Gasteiger partial charge < -0.3 is 18.9 Å². The summed E-state index contributed by atoms with van der Waals surface area (Å²) < 4.78 is 36.8.